The first-order valence-corrected chi connectivity index (χ1v) is 4.49. The van der Waals surface area contributed by atoms with Crippen molar-refractivity contribution in [3.8, 4) is 0 Å². The topological polar surface area (TPSA) is 35.1 Å². The van der Waals surface area contributed by atoms with E-state index >= 15 is 0 Å². The van der Waals surface area contributed by atoms with E-state index in [2.05, 4.69) is 0 Å². The average Bonchev–Trinajstić information content (AvgIpc) is 2.46. The molecule has 0 saturated carbocycles. The Hall–Kier alpha value is -1.65. The predicted octanol–water partition coefficient (Wildman–Crippen LogP) is 2.01. The molecule has 0 amide bonds. The molecule has 0 aliphatic heterocycles. The predicted molar refractivity (Wildman–Crippen MR) is 51.1 cm³/mol. The lowest BCUT2D eigenvalue weighted by Crippen LogP contribution is -2.14. The van der Waals surface area contributed by atoms with Crippen molar-refractivity contribution in [2.45, 2.75) is 13.5 Å². The Morgan fingerprint density at radius 1 is 1.47 bits per heavy atom. The number of alkyl halides is 1. The van der Waals surface area contributed by atoms with Gasteiger partial charge in [-0.05, 0) is 24.6 Å². The minimum atomic E-state index is -0.729. The number of rotatable bonds is 2. The zero-order valence-corrected chi connectivity index (χ0v) is 8.09. The summed E-state index contributed by atoms with van der Waals surface area (Å²) in [5.74, 6) is -1.33. The highest BCUT2D eigenvalue weighted by molar-refractivity contribution is 5.74. The fourth-order valence-electron chi connectivity index (χ4n) is 1.55. The summed E-state index contributed by atoms with van der Waals surface area (Å²) in [6, 6.07) is 2.87. The Morgan fingerprint density at radius 2 is 2.20 bits per heavy atom. The number of hydrogen-bond donors (Lipinski definition) is 0. The molecular formula is C10H9F2NO2. The normalized spacial score (nSPS) is 11.1. The number of benzene rings is 1. The van der Waals surface area contributed by atoms with E-state index in [4.69, 9.17) is 4.42 Å². The minimum Gasteiger partial charge on any atom is -0.405 e. The van der Waals surface area contributed by atoms with E-state index in [1.54, 1.807) is 13.0 Å². The van der Waals surface area contributed by atoms with Crippen molar-refractivity contribution in [3.05, 3.63) is 34.1 Å². The lowest BCUT2D eigenvalue weighted by atomic mass is 10.2. The van der Waals surface area contributed by atoms with E-state index in [-0.39, 0.29) is 12.1 Å². The van der Waals surface area contributed by atoms with E-state index in [1.165, 1.54) is 6.07 Å². The van der Waals surface area contributed by atoms with Gasteiger partial charge in [0.2, 0.25) is 0 Å². The Morgan fingerprint density at radius 3 is 2.87 bits per heavy atom. The van der Waals surface area contributed by atoms with E-state index < -0.39 is 18.2 Å². The van der Waals surface area contributed by atoms with Gasteiger partial charge in [0.05, 0.1) is 12.1 Å². The molecule has 0 N–H and O–H groups in total. The monoisotopic (exact) mass is 213 g/mol. The maximum absolute atomic E-state index is 13.3. The van der Waals surface area contributed by atoms with Crippen LogP contribution in [0.25, 0.3) is 11.1 Å². The first-order valence-electron chi connectivity index (χ1n) is 4.49. The van der Waals surface area contributed by atoms with E-state index in [0.29, 0.717) is 11.1 Å². The molecule has 5 heteroatoms. The molecule has 0 fully saturated rings. The molecule has 0 bridgehead atoms. The molecule has 3 nitrogen and oxygen atoms in total. The second-order valence-corrected chi connectivity index (χ2v) is 3.30. The van der Waals surface area contributed by atoms with Crippen molar-refractivity contribution in [1.82, 2.24) is 4.57 Å². The van der Waals surface area contributed by atoms with E-state index in [1.807, 2.05) is 0 Å². The van der Waals surface area contributed by atoms with Crippen molar-refractivity contribution < 1.29 is 13.2 Å². The standard InChI is InChI=1S/C10H9F2NO2/c1-6-4-7(12)9-8(5-6)13(3-2-11)10(14)15-9/h4-5H,2-3H2,1H3. The summed E-state index contributed by atoms with van der Waals surface area (Å²) in [6.07, 6.45) is 0. The molecule has 80 valence electrons. The second kappa shape index (κ2) is 3.49. The third kappa shape index (κ3) is 1.54. The fraction of sp³-hybridized carbons (Fsp3) is 0.300. The smallest absolute Gasteiger partial charge is 0.405 e. The van der Waals surface area contributed by atoms with Crippen molar-refractivity contribution in [3.63, 3.8) is 0 Å². The number of oxazole rings is 1. The van der Waals surface area contributed by atoms with Crippen LogP contribution in [0.1, 0.15) is 5.56 Å². The lowest BCUT2D eigenvalue weighted by Gasteiger charge is -1.98. The van der Waals surface area contributed by atoms with Crippen LogP contribution in [-0.4, -0.2) is 11.2 Å². The number of hydrogen-bond acceptors (Lipinski definition) is 2. The number of fused-ring (bicyclic) bond motifs is 1. The summed E-state index contributed by atoms with van der Waals surface area (Å²) in [5, 5.41) is 0. The van der Waals surface area contributed by atoms with Crippen molar-refractivity contribution >= 4 is 11.1 Å². The molecule has 0 unspecified atom stereocenters. The van der Waals surface area contributed by atoms with Crippen LogP contribution in [0.3, 0.4) is 0 Å². The first-order chi connectivity index (χ1) is 7.13. The molecule has 0 atom stereocenters. The van der Waals surface area contributed by atoms with Crippen molar-refractivity contribution in [1.29, 1.82) is 0 Å². The van der Waals surface area contributed by atoms with Crippen LogP contribution in [-0.2, 0) is 6.54 Å². The third-order valence-corrected chi connectivity index (χ3v) is 2.18. The maximum Gasteiger partial charge on any atom is 0.420 e. The summed E-state index contributed by atoms with van der Waals surface area (Å²) >= 11 is 0. The Labute approximate surface area is 83.9 Å². The molecule has 0 spiro atoms. The maximum atomic E-state index is 13.3. The molecule has 2 aromatic rings. The summed E-state index contributed by atoms with van der Waals surface area (Å²) < 4.78 is 31.3. The van der Waals surface area contributed by atoms with Gasteiger partial charge in [-0.25, -0.2) is 13.6 Å². The minimum absolute atomic E-state index is 0.112. The molecule has 0 saturated heterocycles. The summed E-state index contributed by atoms with van der Waals surface area (Å²) in [7, 11) is 0. The average molecular weight is 213 g/mol. The van der Waals surface area contributed by atoms with Gasteiger partial charge in [0.15, 0.2) is 11.4 Å². The Bertz CT molecular complexity index is 556. The molecule has 0 radical (unpaired) electrons. The van der Waals surface area contributed by atoms with Gasteiger partial charge in [-0.1, -0.05) is 0 Å². The van der Waals surface area contributed by atoms with E-state index in [9.17, 15) is 13.6 Å². The lowest BCUT2D eigenvalue weighted by molar-refractivity contribution is 0.421. The highest BCUT2D eigenvalue weighted by Crippen LogP contribution is 2.18. The van der Waals surface area contributed by atoms with Gasteiger partial charge >= 0.3 is 5.76 Å². The van der Waals surface area contributed by atoms with Crippen LogP contribution in [0, 0.1) is 12.7 Å². The SMILES string of the molecule is Cc1cc(F)c2oc(=O)n(CCF)c2c1. The van der Waals surface area contributed by atoms with Crippen LogP contribution in [0.2, 0.25) is 0 Å². The molecule has 0 aliphatic rings. The summed E-state index contributed by atoms with van der Waals surface area (Å²) in [5.41, 5.74) is 0.850. The molecule has 0 aliphatic carbocycles. The Kier molecular flexibility index (Phi) is 2.30. The molecule has 1 aromatic heterocycles. The van der Waals surface area contributed by atoms with E-state index in [0.717, 1.165) is 4.57 Å². The number of aryl methyl sites for hydroxylation is 2. The summed E-state index contributed by atoms with van der Waals surface area (Å²) in [6.45, 7) is 0.888. The number of halogens is 2. The van der Waals surface area contributed by atoms with Crippen LogP contribution < -0.4 is 5.76 Å². The van der Waals surface area contributed by atoms with Crippen LogP contribution in [0.15, 0.2) is 21.3 Å². The molecule has 2 rings (SSSR count). The highest BCUT2D eigenvalue weighted by Gasteiger charge is 2.13. The fourth-order valence-corrected chi connectivity index (χ4v) is 1.55. The molecular weight excluding hydrogens is 204 g/mol. The Balaban J connectivity index is 2.80. The highest BCUT2D eigenvalue weighted by atomic mass is 19.1. The van der Waals surface area contributed by atoms with Crippen molar-refractivity contribution in [2.24, 2.45) is 0 Å². The zero-order valence-electron chi connectivity index (χ0n) is 8.09. The van der Waals surface area contributed by atoms with Gasteiger partial charge in [0.25, 0.3) is 0 Å². The van der Waals surface area contributed by atoms with Gasteiger partial charge in [-0.2, -0.15) is 0 Å². The third-order valence-electron chi connectivity index (χ3n) is 2.18. The number of nitrogens with zero attached hydrogens (tertiary/aromatic N) is 1. The first kappa shape index (κ1) is 9.89. The van der Waals surface area contributed by atoms with Gasteiger partial charge in [0, 0.05) is 0 Å². The van der Waals surface area contributed by atoms with Crippen molar-refractivity contribution in [2.75, 3.05) is 6.67 Å². The van der Waals surface area contributed by atoms with Crippen LogP contribution in [0.5, 0.6) is 0 Å². The quantitative estimate of drug-likeness (QED) is 0.764. The number of aromatic nitrogens is 1. The van der Waals surface area contributed by atoms with Gasteiger partial charge < -0.3 is 4.42 Å². The molecule has 1 heterocycles. The van der Waals surface area contributed by atoms with Gasteiger partial charge in [-0.3, -0.25) is 4.57 Å². The van der Waals surface area contributed by atoms with Crippen LogP contribution >= 0.6 is 0 Å². The second-order valence-electron chi connectivity index (χ2n) is 3.30. The molecule has 15 heavy (non-hydrogen) atoms. The molecule has 1 aromatic carbocycles. The van der Waals surface area contributed by atoms with Crippen LogP contribution in [0.4, 0.5) is 8.78 Å². The summed E-state index contributed by atoms with van der Waals surface area (Å²) in [4.78, 5) is 11.3. The van der Waals surface area contributed by atoms with Gasteiger partial charge in [0.1, 0.15) is 6.67 Å². The zero-order chi connectivity index (χ0) is 11.0. The largest absolute Gasteiger partial charge is 0.420 e. The van der Waals surface area contributed by atoms with Gasteiger partial charge in [-0.15, -0.1) is 0 Å².